The van der Waals surface area contributed by atoms with Crippen molar-refractivity contribution in [3.63, 3.8) is 0 Å². The highest BCUT2D eigenvalue weighted by atomic mass is 35.5. The molecule has 0 atom stereocenters. The van der Waals surface area contributed by atoms with Gasteiger partial charge in [-0.3, -0.25) is 9.11 Å². The number of nitrogens with zero attached hydrogens (tertiary/aromatic N) is 2. The van der Waals surface area contributed by atoms with Gasteiger partial charge in [0.05, 0.1) is 17.5 Å². The summed E-state index contributed by atoms with van der Waals surface area (Å²) in [4.78, 5) is 1.76. The summed E-state index contributed by atoms with van der Waals surface area (Å²) in [7, 11) is -8.38. The molecule has 0 saturated carbocycles. The van der Waals surface area contributed by atoms with E-state index in [9.17, 15) is 25.9 Å². The lowest BCUT2D eigenvalue weighted by Crippen LogP contribution is -2.38. The minimum Gasteiger partial charge on any atom is -0.438 e. The molecular weight excluding hydrogens is 584 g/mol. The van der Waals surface area contributed by atoms with Crippen LogP contribution in [0.15, 0.2) is 72.6 Å². The van der Waals surface area contributed by atoms with Crippen molar-refractivity contribution < 1.29 is 35.2 Å². The molecule has 13 heteroatoms. The Balaban J connectivity index is 1.59. The Bertz CT molecular complexity index is 1790. The molecule has 0 bridgehead atoms. The molecule has 204 valence electrons. The van der Waals surface area contributed by atoms with Crippen molar-refractivity contribution in [2.75, 3.05) is 23.0 Å². The highest BCUT2D eigenvalue weighted by Crippen LogP contribution is 2.41. The fourth-order valence-corrected chi connectivity index (χ4v) is 6.55. The largest absolute Gasteiger partial charge is 0.438 e. The van der Waals surface area contributed by atoms with E-state index in [0.717, 1.165) is 21.3 Å². The Kier molecular flexibility index (Phi) is 7.68. The molecule has 0 radical (unpaired) electrons. The van der Waals surface area contributed by atoms with Gasteiger partial charge in [0.1, 0.15) is 10.5 Å². The van der Waals surface area contributed by atoms with Crippen molar-refractivity contribution in [2.45, 2.75) is 13.0 Å². The Morgan fingerprint density at radius 1 is 0.923 bits per heavy atom. The van der Waals surface area contributed by atoms with E-state index < -0.39 is 31.7 Å². The average Bonchev–Trinajstić information content (AvgIpc) is 3.38. The van der Waals surface area contributed by atoms with Crippen LogP contribution in [0.4, 0.5) is 5.69 Å². The maximum Gasteiger partial charge on any atom is 0.271 e. The molecule has 9 nitrogen and oxygen atoms in total. The number of benzene rings is 3. The van der Waals surface area contributed by atoms with Crippen LogP contribution >= 0.6 is 22.9 Å². The Labute approximate surface area is 235 Å². The summed E-state index contributed by atoms with van der Waals surface area (Å²) in [6, 6.07) is 20.8. The van der Waals surface area contributed by atoms with E-state index in [2.05, 4.69) is 0 Å². The first-order valence-corrected chi connectivity index (χ1v) is 16.3. The van der Waals surface area contributed by atoms with Gasteiger partial charge in [0.2, 0.25) is 11.4 Å². The number of aryl methyl sites for hydroxylation is 1. The molecule has 0 fully saturated rings. The minimum absolute atomic E-state index is 0.00226. The molecule has 1 aliphatic heterocycles. The van der Waals surface area contributed by atoms with E-state index in [0.29, 0.717) is 27.4 Å². The van der Waals surface area contributed by atoms with Crippen LogP contribution in [-0.2, 0) is 26.8 Å². The number of thiazole rings is 1. The maximum atomic E-state index is 11.7. The SMILES string of the molecule is O=S(=O)(O)CCCN1C(=Cc2sc3ccc(-c4ccccc4)cc3[n+]2CCS(=O)(=O)O)Oc2ccc(Cl)cc21. The zero-order valence-corrected chi connectivity index (χ0v) is 23.6. The van der Waals surface area contributed by atoms with E-state index in [-0.39, 0.29) is 19.5 Å². The molecule has 2 N–H and O–H groups in total. The van der Waals surface area contributed by atoms with E-state index in [1.54, 1.807) is 29.2 Å². The Morgan fingerprint density at radius 2 is 1.67 bits per heavy atom. The van der Waals surface area contributed by atoms with Gasteiger partial charge in [-0.2, -0.15) is 21.4 Å². The zero-order valence-electron chi connectivity index (χ0n) is 20.4. The lowest BCUT2D eigenvalue weighted by molar-refractivity contribution is -0.664. The van der Waals surface area contributed by atoms with E-state index >= 15 is 0 Å². The summed E-state index contributed by atoms with van der Waals surface area (Å²) in [5.74, 6) is 0.00318. The molecule has 1 aromatic heterocycles. The predicted octanol–water partition coefficient (Wildman–Crippen LogP) is 4.87. The van der Waals surface area contributed by atoms with Gasteiger partial charge in [-0.15, -0.1) is 0 Å². The molecule has 5 rings (SSSR count). The van der Waals surface area contributed by atoms with Crippen LogP contribution in [0, 0.1) is 0 Å². The maximum absolute atomic E-state index is 11.7. The summed E-state index contributed by atoms with van der Waals surface area (Å²) in [6.07, 6.45) is 1.87. The summed E-state index contributed by atoms with van der Waals surface area (Å²) in [5, 5.41) is 1.13. The normalized spacial score (nSPS) is 14.6. The molecular formula is C26H24ClN2O7S3+. The van der Waals surface area contributed by atoms with E-state index in [4.69, 9.17) is 16.3 Å². The predicted molar refractivity (Wildman–Crippen MR) is 152 cm³/mol. The second kappa shape index (κ2) is 10.9. The van der Waals surface area contributed by atoms with Crippen molar-refractivity contribution >= 4 is 65.2 Å². The van der Waals surface area contributed by atoms with Crippen LogP contribution in [0.3, 0.4) is 0 Å². The number of halogens is 1. The average molecular weight is 608 g/mol. The fraction of sp³-hybridized carbons (Fsp3) is 0.192. The van der Waals surface area contributed by atoms with Crippen LogP contribution in [0.2, 0.25) is 5.02 Å². The van der Waals surface area contributed by atoms with Crippen molar-refractivity contribution in [1.29, 1.82) is 0 Å². The van der Waals surface area contributed by atoms with Crippen LogP contribution in [-0.4, -0.2) is 44.0 Å². The second-order valence-electron chi connectivity index (χ2n) is 8.91. The molecule has 0 aliphatic carbocycles. The number of anilines is 1. The Hall–Kier alpha value is -3.00. The fourth-order valence-electron chi connectivity index (χ4n) is 4.38. The number of aromatic nitrogens is 1. The van der Waals surface area contributed by atoms with Gasteiger partial charge >= 0.3 is 0 Å². The van der Waals surface area contributed by atoms with Gasteiger partial charge < -0.3 is 9.64 Å². The van der Waals surface area contributed by atoms with Crippen molar-refractivity contribution in [1.82, 2.24) is 0 Å². The first-order chi connectivity index (χ1) is 18.5. The van der Waals surface area contributed by atoms with Gasteiger partial charge in [-0.05, 0) is 41.8 Å². The molecule has 4 aromatic rings. The van der Waals surface area contributed by atoms with Gasteiger partial charge in [-0.25, -0.2) is 0 Å². The molecule has 3 aromatic carbocycles. The van der Waals surface area contributed by atoms with Crippen LogP contribution in [0.5, 0.6) is 5.75 Å². The number of fused-ring (bicyclic) bond motifs is 2. The third-order valence-corrected chi connectivity index (χ3v) is 8.98. The third-order valence-electron chi connectivity index (χ3n) is 6.13. The quantitative estimate of drug-likeness (QED) is 0.204. The number of ether oxygens (including phenoxy) is 1. The highest BCUT2D eigenvalue weighted by Gasteiger charge is 2.30. The molecule has 39 heavy (non-hydrogen) atoms. The molecule has 0 spiro atoms. The van der Waals surface area contributed by atoms with E-state index in [1.807, 2.05) is 53.1 Å². The highest BCUT2D eigenvalue weighted by molar-refractivity contribution is 7.86. The lowest BCUT2D eigenvalue weighted by atomic mass is 10.1. The van der Waals surface area contributed by atoms with Crippen LogP contribution in [0.25, 0.3) is 27.4 Å². The monoisotopic (exact) mass is 607 g/mol. The zero-order chi connectivity index (χ0) is 27.8. The topological polar surface area (TPSA) is 125 Å². The van der Waals surface area contributed by atoms with Crippen LogP contribution in [0.1, 0.15) is 11.4 Å². The Morgan fingerprint density at radius 3 is 2.38 bits per heavy atom. The molecule has 0 saturated heterocycles. The van der Waals surface area contributed by atoms with Crippen molar-refractivity contribution in [2.24, 2.45) is 0 Å². The first-order valence-electron chi connectivity index (χ1n) is 11.9. The number of hydrogen-bond donors (Lipinski definition) is 2. The first kappa shape index (κ1) is 27.6. The number of rotatable bonds is 9. The van der Waals surface area contributed by atoms with Crippen molar-refractivity contribution in [3.8, 4) is 16.9 Å². The third kappa shape index (κ3) is 6.60. The van der Waals surface area contributed by atoms with Gasteiger partial charge in [0.25, 0.3) is 25.2 Å². The van der Waals surface area contributed by atoms with Crippen LogP contribution < -0.4 is 14.2 Å². The second-order valence-corrected chi connectivity index (χ2v) is 13.6. The smallest absolute Gasteiger partial charge is 0.271 e. The summed E-state index contributed by atoms with van der Waals surface area (Å²) in [6.45, 7) is 0.213. The summed E-state index contributed by atoms with van der Waals surface area (Å²) >= 11 is 7.63. The van der Waals surface area contributed by atoms with Crippen molar-refractivity contribution in [3.05, 3.63) is 82.6 Å². The van der Waals surface area contributed by atoms with Gasteiger partial charge in [0.15, 0.2) is 12.3 Å². The molecule has 2 heterocycles. The summed E-state index contributed by atoms with van der Waals surface area (Å²) in [5.41, 5.74) is 3.38. The van der Waals surface area contributed by atoms with E-state index in [1.165, 1.54) is 11.3 Å². The van der Waals surface area contributed by atoms with Gasteiger partial charge in [0, 0.05) is 17.6 Å². The summed E-state index contributed by atoms with van der Waals surface area (Å²) < 4.78 is 73.4. The standard InChI is InChI=1S/C26H23ClN2O7S3/c27-20-8-9-23-21(16-20)28(11-4-13-38(30,31)32)25(36-23)17-26-29(12-14-39(33,34)35)22-15-19(7-10-24(22)37-26)18-5-2-1-3-6-18/h1-3,5-10,15-17H,4,11-14H2,(H-,30,31,32,33,34,35)/p+1. The molecule has 0 unspecified atom stereocenters. The minimum atomic E-state index is -4.23. The molecule has 0 amide bonds. The molecule has 1 aliphatic rings. The lowest BCUT2D eigenvalue weighted by Gasteiger charge is -2.17. The number of hydrogen-bond acceptors (Lipinski definition) is 7. The van der Waals surface area contributed by atoms with Gasteiger partial charge in [-0.1, -0.05) is 59.3 Å².